The van der Waals surface area contributed by atoms with Crippen molar-refractivity contribution in [2.24, 2.45) is 0 Å². The highest BCUT2D eigenvalue weighted by atomic mass is 35.5. The molecule has 76 valence electrons. The Hall–Kier alpha value is -0.340. The van der Waals surface area contributed by atoms with Crippen LogP contribution in [0.2, 0.25) is 10.3 Å². The number of nitrogens with zero attached hydrogens (tertiary/aromatic N) is 2. The zero-order valence-electron chi connectivity index (χ0n) is 7.84. The third-order valence-corrected chi connectivity index (χ3v) is 3.04. The molecule has 0 spiro atoms. The van der Waals surface area contributed by atoms with E-state index in [1.807, 2.05) is 0 Å². The maximum atomic E-state index is 5.83. The van der Waals surface area contributed by atoms with E-state index in [1.54, 1.807) is 6.07 Å². The van der Waals surface area contributed by atoms with Gasteiger partial charge in [0.2, 0.25) is 0 Å². The van der Waals surface area contributed by atoms with Crippen molar-refractivity contribution in [3.63, 3.8) is 0 Å². The molecule has 1 fully saturated rings. The van der Waals surface area contributed by atoms with Crippen LogP contribution < -0.4 is 0 Å². The van der Waals surface area contributed by atoms with Crippen LogP contribution >= 0.6 is 23.2 Å². The van der Waals surface area contributed by atoms with Crippen LogP contribution in [0.15, 0.2) is 6.07 Å². The van der Waals surface area contributed by atoms with Gasteiger partial charge >= 0.3 is 0 Å². The number of halogens is 2. The molecule has 0 radical (unpaired) electrons. The van der Waals surface area contributed by atoms with Crippen LogP contribution in [-0.4, -0.2) is 9.97 Å². The Balaban J connectivity index is 2.21. The van der Waals surface area contributed by atoms with Gasteiger partial charge in [-0.05, 0) is 12.8 Å². The number of hydrogen-bond donors (Lipinski definition) is 0. The van der Waals surface area contributed by atoms with Gasteiger partial charge in [-0.25, -0.2) is 9.97 Å². The van der Waals surface area contributed by atoms with Crippen LogP contribution in [0.4, 0.5) is 0 Å². The summed E-state index contributed by atoms with van der Waals surface area (Å²) >= 11 is 11.7. The molecule has 1 aromatic heterocycles. The molecule has 0 aromatic carbocycles. The molecule has 0 unspecified atom stereocenters. The molecule has 1 aliphatic rings. The first-order valence-corrected chi connectivity index (χ1v) is 5.71. The molecule has 0 aliphatic heterocycles. The first kappa shape index (κ1) is 10.2. The predicted octanol–water partition coefficient (Wildman–Crippen LogP) is 3.83. The minimum absolute atomic E-state index is 0.450. The standard InChI is InChI=1S/C10H12Cl2N2/c11-8-6-9(12)14-10(13-8)7-4-2-1-3-5-7/h6-7H,1-5H2. The predicted molar refractivity (Wildman–Crippen MR) is 57.9 cm³/mol. The fourth-order valence-corrected chi connectivity index (χ4v) is 2.39. The van der Waals surface area contributed by atoms with Gasteiger partial charge in [0.25, 0.3) is 0 Å². The van der Waals surface area contributed by atoms with Crippen LogP contribution in [-0.2, 0) is 0 Å². The summed E-state index contributed by atoms with van der Waals surface area (Å²) in [6, 6.07) is 1.58. The van der Waals surface area contributed by atoms with Crippen LogP contribution in [0, 0.1) is 0 Å². The summed E-state index contributed by atoms with van der Waals surface area (Å²) in [6.45, 7) is 0. The summed E-state index contributed by atoms with van der Waals surface area (Å²) in [7, 11) is 0. The number of hydrogen-bond acceptors (Lipinski definition) is 2. The summed E-state index contributed by atoms with van der Waals surface area (Å²) < 4.78 is 0. The molecular formula is C10H12Cl2N2. The molecular weight excluding hydrogens is 219 g/mol. The van der Waals surface area contributed by atoms with Gasteiger partial charge in [0.1, 0.15) is 16.1 Å². The second-order valence-electron chi connectivity index (χ2n) is 3.71. The van der Waals surface area contributed by atoms with Gasteiger partial charge in [0.15, 0.2) is 0 Å². The molecule has 2 rings (SSSR count). The summed E-state index contributed by atoms with van der Waals surface area (Å²) in [5, 5.41) is 0.899. The summed E-state index contributed by atoms with van der Waals surface area (Å²) in [5.74, 6) is 1.28. The quantitative estimate of drug-likeness (QED) is 0.686. The summed E-state index contributed by atoms with van der Waals surface area (Å²) in [6.07, 6.45) is 6.18. The van der Waals surface area contributed by atoms with Crippen molar-refractivity contribution in [3.8, 4) is 0 Å². The van der Waals surface area contributed by atoms with Crippen molar-refractivity contribution >= 4 is 23.2 Å². The SMILES string of the molecule is Clc1cc(Cl)nc(C2CCCCC2)n1. The number of aromatic nitrogens is 2. The zero-order valence-corrected chi connectivity index (χ0v) is 9.35. The van der Waals surface area contributed by atoms with Crippen molar-refractivity contribution in [1.29, 1.82) is 0 Å². The van der Waals surface area contributed by atoms with Gasteiger partial charge in [0, 0.05) is 12.0 Å². The lowest BCUT2D eigenvalue weighted by Gasteiger charge is -2.20. The zero-order chi connectivity index (χ0) is 9.97. The van der Waals surface area contributed by atoms with Crippen LogP contribution in [0.25, 0.3) is 0 Å². The molecule has 4 heteroatoms. The molecule has 1 saturated carbocycles. The van der Waals surface area contributed by atoms with Crippen molar-refractivity contribution < 1.29 is 0 Å². The Morgan fingerprint density at radius 3 is 2.14 bits per heavy atom. The summed E-state index contributed by atoms with van der Waals surface area (Å²) in [5.41, 5.74) is 0. The molecule has 0 amide bonds. The van der Waals surface area contributed by atoms with Crippen LogP contribution in [0.5, 0.6) is 0 Å². The number of rotatable bonds is 1. The largest absolute Gasteiger partial charge is 0.221 e. The second-order valence-corrected chi connectivity index (χ2v) is 4.48. The Morgan fingerprint density at radius 2 is 1.57 bits per heavy atom. The monoisotopic (exact) mass is 230 g/mol. The van der Waals surface area contributed by atoms with E-state index in [9.17, 15) is 0 Å². The molecule has 1 aliphatic carbocycles. The molecule has 0 bridgehead atoms. The molecule has 14 heavy (non-hydrogen) atoms. The first-order chi connectivity index (χ1) is 6.75. The summed E-state index contributed by atoms with van der Waals surface area (Å²) in [4.78, 5) is 8.46. The Labute approximate surface area is 93.7 Å². The maximum absolute atomic E-state index is 5.83. The van der Waals surface area contributed by atoms with Gasteiger partial charge in [-0.3, -0.25) is 0 Å². The smallest absolute Gasteiger partial charge is 0.134 e. The third kappa shape index (κ3) is 2.37. The van der Waals surface area contributed by atoms with Crippen molar-refractivity contribution in [3.05, 3.63) is 22.2 Å². The topological polar surface area (TPSA) is 25.8 Å². The third-order valence-electron chi connectivity index (χ3n) is 2.65. The van der Waals surface area contributed by atoms with E-state index < -0.39 is 0 Å². The average Bonchev–Trinajstić information content (AvgIpc) is 2.18. The van der Waals surface area contributed by atoms with E-state index in [2.05, 4.69) is 9.97 Å². The van der Waals surface area contributed by atoms with E-state index >= 15 is 0 Å². The average molecular weight is 231 g/mol. The van der Waals surface area contributed by atoms with Crippen LogP contribution in [0.3, 0.4) is 0 Å². The fraction of sp³-hybridized carbons (Fsp3) is 0.600. The molecule has 2 nitrogen and oxygen atoms in total. The molecule has 0 atom stereocenters. The second kappa shape index (κ2) is 4.45. The minimum Gasteiger partial charge on any atom is -0.221 e. The lowest BCUT2D eigenvalue weighted by Crippen LogP contribution is -2.08. The highest BCUT2D eigenvalue weighted by molar-refractivity contribution is 6.33. The van der Waals surface area contributed by atoms with E-state index in [-0.39, 0.29) is 0 Å². The molecule has 0 N–H and O–H groups in total. The molecule has 1 heterocycles. The van der Waals surface area contributed by atoms with Crippen molar-refractivity contribution in [2.45, 2.75) is 38.0 Å². The fourth-order valence-electron chi connectivity index (χ4n) is 1.95. The van der Waals surface area contributed by atoms with E-state index in [4.69, 9.17) is 23.2 Å². The van der Waals surface area contributed by atoms with Crippen molar-refractivity contribution in [1.82, 2.24) is 9.97 Å². The maximum Gasteiger partial charge on any atom is 0.134 e. The lowest BCUT2D eigenvalue weighted by molar-refractivity contribution is 0.428. The molecule has 0 saturated heterocycles. The van der Waals surface area contributed by atoms with Crippen molar-refractivity contribution in [2.75, 3.05) is 0 Å². The lowest BCUT2D eigenvalue weighted by atomic mass is 9.89. The van der Waals surface area contributed by atoms with Gasteiger partial charge in [0.05, 0.1) is 0 Å². The Bertz CT molecular complexity index is 302. The highest BCUT2D eigenvalue weighted by Crippen LogP contribution is 2.31. The minimum atomic E-state index is 0.450. The first-order valence-electron chi connectivity index (χ1n) is 4.95. The Morgan fingerprint density at radius 1 is 1.00 bits per heavy atom. The molecule has 1 aromatic rings. The van der Waals surface area contributed by atoms with Gasteiger partial charge < -0.3 is 0 Å². The van der Waals surface area contributed by atoms with Gasteiger partial charge in [-0.15, -0.1) is 0 Å². The highest BCUT2D eigenvalue weighted by Gasteiger charge is 2.18. The van der Waals surface area contributed by atoms with E-state index in [0.29, 0.717) is 16.2 Å². The van der Waals surface area contributed by atoms with E-state index in [1.165, 1.54) is 19.3 Å². The van der Waals surface area contributed by atoms with Gasteiger partial charge in [-0.1, -0.05) is 42.5 Å². The Kier molecular flexibility index (Phi) is 3.24. The van der Waals surface area contributed by atoms with Crippen LogP contribution in [0.1, 0.15) is 43.8 Å². The van der Waals surface area contributed by atoms with Gasteiger partial charge in [-0.2, -0.15) is 0 Å². The normalized spacial score (nSPS) is 18.4. The van der Waals surface area contributed by atoms with E-state index in [0.717, 1.165) is 18.7 Å².